The number of hydrogen-bond donors (Lipinski definition) is 0. The van der Waals surface area contributed by atoms with Gasteiger partial charge in [0.2, 0.25) is 0 Å². The number of hydrogen-bond acceptors (Lipinski definition) is 2. The van der Waals surface area contributed by atoms with Gasteiger partial charge in [-0.3, -0.25) is 9.78 Å². The van der Waals surface area contributed by atoms with Crippen molar-refractivity contribution < 1.29 is 4.79 Å². The summed E-state index contributed by atoms with van der Waals surface area (Å²) in [6.07, 6.45) is 6.38. The van der Waals surface area contributed by atoms with E-state index in [4.69, 9.17) is 0 Å². The Morgan fingerprint density at radius 1 is 1.64 bits per heavy atom. The molecule has 1 aliphatic rings. The van der Waals surface area contributed by atoms with Gasteiger partial charge < -0.3 is 0 Å². The predicted molar refractivity (Wildman–Crippen MR) is 55.1 cm³/mol. The van der Waals surface area contributed by atoms with Crippen molar-refractivity contribution >= 4 is 5.78 Å². The largest absolute Gasteiger partial charge is 0.294 e. The van der Waals surface area contributed by atoms with Crippen LogP contribution in [0.25, 0.3) is 0 Å². The van der Waals surface area contributed by atoms with Crippen LogP contribution in [0.1, 0.15) is 36.5 Å². The molecule has 14 heavy (non-hydrogen) atoms. The third-order valence-corrected chi connectivity index (χ3v) is 3.00. The van der Waals surface area contributed by atoms with Gasteiger partial charge in [0.05, 0.1) is 0 Å². The molecule has 1 fully saturated rings. The summed E-state index contributed by atoms with van der Waals surface area (Å²) in [4.78, 5) is 15.6. The Hall–Kier alpha value is -1.18. The Bertz CT molecular complexity index is 320. The van der Waals surface area contributed by atoms with Crippen LogP contribution in [0.5, 0.6) is 0 Å². The van der Waals surface area contributed by atoms with E-state index in [-0.39, 0.29) is 5.78 Å². The number of aromatic nitrogens is 1. The lowest BCUT2D eigenvalue weighted by Gasteiger charge is -1.99. The van der Waals surface area contributed by atoms with Gasteiger partial charge in [0.1, 0.15) is 0 Å². The topological polar surface area (TPSA) is 30.0 Å². The molecule has 2 atom stereocenters. The number of nitrogens with zero attached hydrogens (tertiary/aromatic N) is 1. The first kappa shape index (κ1) is 9.38. The molecular formula is C12H15NO. The maximum Gasteiger partial charge on any atom is 0.164 e. The Morgan fingerprint density at radius 3 is 3.00 bits per heavy atom. The van der Waals surface area contributed by atoms with E-state index >= 15 is 0 Å². The van der Waals surface area contributed by atoms with Crippen LogP contribution in [0.4, 0.5) is 0 Å². The van der Waals surface area contributed by atoms with Gasteiger partial charge in [-0.05, 0) is 36.8 Å². The smallest absolute Gasteiger partial charge is 0.164 e. The first-order valence-electron chi connectivity index (χ1n) is 5.20. The number of carbonyl (C=O) groups is 1. The predicted octanol–water partition coefficient (Wildman–Crippen LogP) is 2.70. The highest BCUT2D eigenvalue weighted by Crippen LogP contribution is 2.41. The molecule has 0 aliphatic heterocycles. The summed E-state index contributed by atoms with van der Waals surface area (Å²) < 4.78 is 0. The normalized spacial score (nSPS) is 24.6. The number of pyridine rings is 1. The quantitative estimate of drug-likeness (QED) is 0.681. The van der Waals surface area contributed by atoms with Crippen LogP contribution in [0, 0.1) is 11.8 Å². The summed E-state index contributed by atoms with van der Waals surface area (Å²) in [5, 5.41) is 0. The average molecular weight is 189 g/mol. The maximum absolute atomic E-state index is 11.6. The molecule has 1 aromatic rings. The van der Waals surface area contributed by atoms with Crippen molar-refractivity contribution in [2.24, 2.45) is 11.8 Å². The molecule has 0 amide bonds. The number of rotatable bonds is 4. The molecule has 0 N–H and O–H groups in total. The third kappa shape index (κ3) is 2.19. The van der Waals surface area contributed by atoms with E-state index < -0.39 is 0 Å². The van der Waals surface area contributed by atoms with Crippen LogP contribution in [-0.4, -0.2) is 10.8 Å². The second-order valence-corrected chi connectivity index (χ2v) is 4.18. The van der Waals surface area contributed by atoms with Gasteiger partial charge in [-0.15, -0.1) is 0 Å². The summed E-state index contributed by atoms with van der Waals surface area (Å²) in [6.45, 7) is 2.25. The van der Waals surface area contributed by atoms with Crippen molar-refractivity contribution in [1.29, 1.82) is 0 Å². The fourth-order valence-electron chi connectivity index (χ4n) is 1.79. The molecule has 2 rings (SSSR count). The van der Waals surface area contributed by atoms with Crippen molar-refractivity contribution in [3.8, 4) is 0 Å². The van der Waals surface area contributed by atoms with Crippen LogP contribution < -0.4 is 0 Å². The highest BCUT2D eigenvalue weighted by Gasteiger charge is 2.32. The summed E-state index contributed by atoms with van der Waals surface area (Å²) in [7, 11) is 0. The zero-order valence-electron chi connectivity index (χ0n) is 8.44. The Labute approximate surface area is 84.4 Å². The van der Waals surface area contributed by atoms with E-state index in [9.17, 15) is 4.79 Å². The van der Waals surface area contributed by atoms with Gasteiger partial charge in [0.25, 0.3) is 0 Å². The standard InChI is InChI=1S/C12H15NO/c1-9-7-10(9)4-5-12(14)11-3-2-6-13-8-11/h2-3,6,8-10H,4-5,7H2,1H3/t9-,10?/m0/s1. The Balaban J connectivity index is 1.84. The number of Topliss-reactive ketones (excluding diaryl/α,β-unsaturated/α-hetero) is 1. The zero-order chi connectivity index (χ0) is 9.97. The molecule has 0 spiro atoms. The molecule has 1 unspecified atom stereocenters. The number of carbonyl (C=O) groups excluding carboxylic acids is 1. The number of ketones is 1. The van der Waals surface area contributed by atoms with Gasteiger partial charge in [-0.1, -0.05) is 6.92 Å². The lowest BCUT2D eigenvalue weighted by molar-refractivity contribution is 0.0977. The first-order valence-corrected chi connectivity index (χ1v) is 5.20. The summed E-state index contributed by atoms with van der Waals surface area (Å²) in [6, 6.07) is 3.65. The fourth-order valence-corrected chi connectivity index (χ4v) is 1.79. The molecular weight excluding hydrogens is 174 g/mol. The highest BCUT2D eigenvalue weighted by molar-refractivity contribution is 5.95. The van der Waals surface area contributed by atoms with Gasteiger partial charge in [-0.2, -0.15) is 0 Å². The maximum atomic E-state index is 11.6. The minimum atomic E-state index is 0.234. The zero-order valence-corrected chi connectivity index (χ0v) is 8.44. The third-order valence-electron chi connectivity index (χ3n) is 3.00. The summed E-state index contributed by atoms with van der Waals surface area (Å²) in [5.74, 6) is 1.88. The monoisotopic (exact) mass is 189 g/mol. The second-order valence-electron chi connectivity index (χ2n) is 4.18. The van der Waals surface area contributed by atoms with E-state index in [1.807, 2.05) is 12.1 Å². The average Bonchev–Trinajstić information content (AvgIpc) is 2.92. The molecule has 0 bridgehead atoms. The Morgan fingerprint density at radius 2 is 2.43 bits per heavy atom. The molecule has 0 aromatic carbocycles. The van der Waals surface area contributed by atoms with Gasteiger partial charge in [0, 0.05) is 24.4 Å². The summed E-state index contributed by atoms with van der Waals surface area (Å²) in [5.41, 5.74) is 0.751. The van der Waals surface area contributed by atoms with Crippen molar-refractivity contribution in [3.63, 3.8) is 0 Å². The molecule has 74 valence electrons. The highest BCUT2D eigenvalue weighted by atomic mass is 16.1. The van der Waals surface area contributed by atoms with Gasteiger partial charge >= 0.3 is 0 Å². The second kappa shape index (κ2) is 3.91. The van der Waals surface area contributed by atoms with E-state index in [1.165, 1.54) is 6.42 Å². The van der Waals surface area contributed by atoms with Crippen LogP contribution in [0.2, 0.25) is 0 Å². The van der Waals surface area contributed by atoms with Crippen LogP contribution in [0.15, 0.2) is 24.5 Å². The molecule has 2 nitrogen and oxygen atoms in total. The molecule has 1 aliphatic carbocycles. The molecule has 0 saturated heterocycles. The lowest BCUT2D eigenvalue weighted by Crippen LogP contribution is -1.99. The molecule has 1 saturated carbocycles. The Kier molecular flexibility index (Phi) is 2.62. The van der Waals surface area contributed by atoms with Crippen LogP contribution >= 0.6 is 0 Å². The van der Waals surface area contributed by atoms with Gasteiger partial charge in [-0.25, -0.2) is 0 Å². The molecule has 1 heterocycles. The minimum Gasteiger partial charge on any atom is -0.294 e. The van der Waals surface area contributed by atoms with Gasteiger partial charge in [0.15, 0.2) is 5.78 Å². The van der Waals surface area contributed by atoms with Crippen molar-refractivity contribution in [2.75, 3.05) is 0 Å². The van der Waals surface area contributed by atoms with E-state index in [2.05, 4.69) is 11.9 Å². The van der Waals surface area contributed by atoms with E-state index in [0.717, 1.165) is 23.8 Å². The molecule has 1 aromatic heterocycles. The van der Waals surface area contributed by atoms with Crippen molar-refractivity contribution in [3.05, 3.63) is 30.1 Å². The molecule has 2 heteroatoms. The van der Waals surface area contributed by atoms with Crippen LogP contribution in [-0.2, 0) is 0 Å². The van der Waals surface area contributed by atoms with Crippen molar-refractivity contribution in [1.82, 2.24) is 4.98 Å². The SMILES string of the molecule is C[C@H]1CC1CCC(=O)c1cccnc1. The lowest BCUT2D eigenvalue weighted by atomic mass is 10.1. The fraction of sp³-hybridized carbons (Fsp3) is 0.500. The first-order chi connectivity index (χ1) is 6.77. The molecule has 0 radical (unpaired) electrons. The van der Waals surface area contributed by atoms with E-state index in [1.54, 1.807) is 12.4 Å². The summed E-state index contributed by atoms with van der Waals surface area (Å²) >= 11 is 0. The van der Waals surface area contributed by atoms with Crippen molar-refractivity contribution in [2.45, 2.75) is 26.2 Å². The van der Waals surface area contributed by atoms with Crippen LogP contribution in [0.3, 0.4) is 0 Å². The van der Waals surface area contributed by atoms with E-state index in [0.29, 0.717) is 6.42 Å². The minimum absolute atomic E-state index is 0.234.